The van der Waals surface area contributed by atoms with Crippen LogP contribution in [0, 0.1) is 49.4 Å². The van der Waals surface area contributed by atoms with Gasteiger partial charge in [-0.05, 0) is 18.3 Å². The van der Waals surface area contributed by atoms with Gasteiger partial charge in [-0.3, -0.25) is 4.68 Å². The fourth-order valence-corrected chi connectivity index (χ4v) is 1.67. The van der Waals surface area contributed by atoms with Crippen LogP contribution in [0.25, 0.3) is 0 Å². The normalized spacial score (nSPS) is 10.9. The quantitative estimate of drug-likeness (QED) is 0.398. The molecule has 0 N–H and O–H groups in total. The Morgan fingerprint density at radius 3 is 2.14 bits per heavy atom. The van der Waals surface area contributed by atoms with E-state index in [0.717, 1.165) is 18.7 Å². The molecule has 4 heteroatoms. The Bertz CT molecular complexity index is 337. The number of hydrogen-bond donors (Lipinski definition) is 0. The summed E-state index contributed by atoms with van der Waals surface area (Å²) in [6.45, 7) is 17.9. The molecule has 1 aromatic rings. The second kappa shape index (κ2) is 12.7. The van der Waals surface area contributed by atoms with Crippen molar-refractivity contribution in [2.24, 2.45) is 5.41 Å². The van der Waals surface area contributed by atoms with E-state index in [1.54, 1.807) is 0 Å². The molecule has 0 radical (unpaired) electrons. The summed E-state index contributed by atoms with van der Waals surface area (Å²) in [5, 5.41) is 8.08. The van der Waals surface area contributed by atoms with Gasteiger partial charge in [-0.15, -0.1) is 11.5 Å². The van der Waals surface area contributed by atoms with Crippen LogP contribution in [-0.4, -0.2) is 15.0 Å². The van der Waals surface area contributed by atoms with Gasteiger partial charge in [0.15, 0.2) is 0 Å². The molecule has 0 amide bonds. The summed E-state index contributed by atoms with van der Waals surface area (Å²) in [5.74, 6) is 1.42. The zero-order valence-corrected chi connectivity index (χ0v) is 19.0. The predicted octanol–water partition coefficient (Wildman–Crippen LogP) is 4.88. The van der Waals surface area contributed by atoms with Crippen LogP contribution >= 0.6 is 0 Å². The molecule has 0 spiro atoms. The summed E-state index contributed by atoms with van der Waals surface area (Å²) in [6, 6.07) is 0. The average Bonchev–Trinajstić information content (AvgIpc) is 2.74. The Morgan fingerprint density at radius 1 is 1.14 bits per heavy atom. The molecule has 0 aliphatic carbocycles. The van der Waals surface area contributed by atoms with Gasteiger partial charge < -0.3 is 12.8 Å². The van der Waals surface area contributed by atoms with Crippen LogP contribution in [0.5, 0.6) is 0 Å². The molecular formula is C17H33N3U. The van der Waals surface area contributed by atoms with Crippen molar-refractivity contribution in [1.29, 1.82) is 0 Å². The van der Waals surface area contributed by atoms with E-state index in [4.69, 9.17) is 0 Å². The van der Waals surface area contributed by atoms with Gasteiger partial charge in [-0.2, -0.15) is 20.8 Å². The van der Waals surface area contributed by atoms with Crippen molar-refractivity contribution in [3.8, 4) is 0 Å². The third-order valence-corrected chi connectivity index (χ3v) is 2.66. The number of unbranched alkanes of at least 4 members (excludes halogenated alkanes) is 2. The van der Waals surface area contributed by atoms with Crippen molar-refractivity contribution in [2.45, 2.75) is 80.2 Å². The van der Waals surface area contributed by atoms with Crippen molar-refractivity contribution in [2.75, 3.05) is 0 Å². The number of aryl methyl sites for hydroxylation is 1. The van der Waals surface area contributed by atoms with Crippen molar-refractivity contribution >= 4 is 0 Å². The zero-order chi connectivity index (χ0) is 15.6. The molecule has 1 aromatic heterocycles. The SMILES string of the molecule is C[C-](C)C.[CH2-]Cc1cn(CCCCCC(C)(C)C)nn1.[U+2]. The summed E-state index contributed by atoms with van der Waals surface area (Å²) >= 11 is 0. The summed E-state index contributed by atoms with van der Waals surface area (Å²) in [5.41, 5.74) is 1.45. The molecule has 0 saturated carbocycles. The first-order chi connectivity index (χ1) is 9.24. The first kappa shape index (κ1) is 23.5. The fourth-order valence-electron chi connectivity index (χ4n) is 1.67. The second-order valence-electron chi connectivity index (χ2n) is 7.09. The molecule has 0 aromatic carbocycles. The van der Waals surface area contributed by atoms with Crippen molar-refractivity contribution in [1.82, 2.24) is 15.0 Å². The first-order valence-electron chi connectivity index (χ1n) is 7.69. The summed E-state index contributed by atoms with van der Waals surface area (Å²) in [6.07, 6.45) is 7.79. The van der Waals surface area contributed by atoms with Crippen molar-refractivity contribution < 1.29 is 31.1 Å². The largest absolute Gasteiger partial charge is 2.00 e. The van der Waals surface area contributed by atoms with Gasteiger partial charge in [-0.25, -0.2) is 0 Å². The van der Waals surface area contributed by atoms with Crippen LogP contribution in [0.1, 0.15) is 72.9 Å². The summed E-state index contributed by atoms with van der Waals surface area (Å²) in [4.78, 5) is 0. The minimum Gasteiger partial charge on any atom is -0.337 e. The minimum atomic E-state index is 0. The first-order valence-corrected chi connectivity index (χ1v) is 7.69. The van der Waals surface area contributed by atoms with Gasteiger partial charge in [0.05, 0.1) is 5.69 Å². The van der Waals surface area contributed by atoms with Crippen LogP contribution in [0.4, 0.5) is 0 Å². The fraction of sp³-hybridized carbons (Fsp3) is 0.765. The van der Waals surface area contributed by atoms with E-state index in [2.05, 4.69) is 58.8 Å². The van der Waals surface area contributed by atoms with Gasteiger partial charge in [0.1, 0.15) is 0 Å². The van der Waals surface area contributed by atoms with Crippen molar-refractivity contribution in [3.63, 3.8) is 0 Å². The number of nitrogens with zero attached hydrogens (tertiary/aromatic N) is 3. The van der Waals surface area contributed by atoms with E-state index in [1.807, 2.05) is 10.9 Å². The molecule has 1 rings (SSSR count). The maximum absolute atomic E-state index is 4.06. The molecule has 0 unspecified atom stereocenters. The Hall–Kier alpha value is 0.192. The molecule has 120 valence electrons. The molecule has 0 fully saturated rings. The monoisotopic (exact) mass is 517 g/mol. The Labute approximate surface area is 156 Å². The van der Waals surface area contributed by atoms with E-state index < -0.39 is 0 Å². The van der Waals surface area contributed by atoms with Gasteiger partial charge in [-0.1, -0.05) is 38.8 Å². The molecule has 0 aliphatic rings. The molecular weight excluding hydrogens is 484 g/mol. The third-order valence-electron chi connectivity index (χ3n) is 2.66. The maximum atomic E-state index is 4.06. The topological polar surface area (TPSA) is 30.7 Å². The predicted molar refractivity (Wildman–Crippen MR) is 87.3 cm³/mol. The van der Waals surface area contributed by atoms with Gasteiger partial charge in [0, 0.05) is 12.7 Å². The summed E-state index contributed by atoms with van der Waals surface area (Å²) in [7, 11) is 0. The Balaban J connectivity index is 0. The van der Waals surface area contributed by atoms with Crippen molar-refractivity contribution in [3.05, 3.63) is 24.7 Å². The molecule has 0 aliphatic heterocycles. The zero-order valence-electron chi connectivity index (χ0n) is 14.9. The van der Waals surface area contributed by atoms with Crippen LogP contribution in [0.2, 0.25) is 0 Å². The Morgan fingerprint density at radius 2 is 1.71 bits per heavy atom. The Kier molecular flexibility index (Phi) is 14.2. The minimum absolute atomic E-state index is 0. The number of rotatable bonds is 6. The smallest absolute Gasteiger partial charge is 0.337 e. The van der Waals surface area contributed by atoms with Gasteiger partial charge in [0.2, 0.25) is 0 Å². The van der Waals surface area contributed by atoms with Crippen LogP contribution in [-0.2, 0) is 13.0 Å². The molecule has 3 nitrogen and oxygen atoms in total. The van der Waals surface area contributed by atoms with E-state index in [1.165, 1.54) is 31.6 Å². The molecule has 0 atom stereocenters. The van der Waals surface area contributed by atoms with E-state index >= 15 is 0 Å². The number of aromatic nitrogens is 3. The van der Waals surface area contributed by atoms with E-state index in [9.17, 15) is 0 Å². The summed E-state index contributed by atoms with van der Waals surface area (Å²) < 4.78 is 1.93. The molecule has 0 bridgehead atoms. The third kappa shape index (κ3) is 16.4. The molecule has 1 heterocycles. The van der Waals surface area contributed by atoms with Gasteiger partial charge >= 0.3 is 31.1 Å². The van der Waals surface area contributed by atoms with E-state index in [0.29, 0.717) is 5.41 Å². The maximum Gasteiger partial charge on any atom is 2.00 e. The second-order valence-corrected chi connectivity index (χ2v) is 7.09. The average molecular weight is 518 g/mol. The van der Waals surface area contributed by atoms with Gasteiger partial charge in [0.25, 0.3) is 0 Å². The van der Waals surface area contributed by atoms with Crippen LogP contribution in [0.3, 0.4) is 0 Å². The number of hydrogen-bond acceptors (Lipinski definition) is 2. The van der Waals surface area contributed by atoms with Crippen LogP contribution < -0.4 is 0 Å². The van der Waals surface area contributed by atoms with Crippen LogP contribution in [0.15, 0.2) is 6.20 Å². The molecule has 0 saturated heterocycles. The molecule has 21 heavy (non-hydrogen) atoms. The standard InChI is InChI=1S/C13H24N3.C4H9.U/c1-5-12-11-16(15-14-12)10-8-6-7-9-13(2,3)4;1-4(2)3;/h11H,1,5-10H2,2-4H3;1-3H3;/q2*-1;+2. The van der Waals surface area contributed by atoms with E-state index in [-0.39, 0.29) is 31.1 Å².